The molecule has 0 aliphatic carbocycles. The van der Waals surface area contributed by atoms with Gasteiger partial charge in [-0.3, -0.25) is 4.79 Å². The van der Waals surface area contributed by atoms with Crippen LogP contribution in [0.3, 0.4) is 0 Å². The Morgan fingerprint density at radius 3 is 2.52 bits per heavy atom. The molecular weight excluding hydrogens is 340 g/mol. The van der Waals surface area contributed by atoms with Crippen LogP contribution in [0.4, 0.5) is 0 Å². The molecule has 1 atom stereocenters. The van der Waals surface area contributed by atoms with Gasteiger partial charge in [0.15, 0.2) is 0 Å². The second-order valence-electron chi connectivity index (χ2n) is 5.10. The normalized spacial score (nSPS) is 12.8. The summed E-state index contributed by atoms with van der Waals surface area (Å²) in [6.07, 6.45) is 1.80. The van der Waals surface area contributed by atoms with Gasteiger partial charge in [0.1, 0.15) is 0 Å². The van der Waals surface area contributed by atoms with Gasteiger partial charge >= 0.3 is 0 Å². The maximum absolute atomic E-state index is 12.0. The Morgan fingerprint density at radius 1 is 1.30 bits per heavy atom. The SMILES string of the molecule is CCOCCCNC(=O)C[C@@H](NS(C)(=O)=O)c1ccc(Cl)cc1. The molecule has 0 aromatic heterocycles. The summed E-state index contributed by atoms with van der Waals surface area (Å²) in [4.78, 5) is 12.0. The zero-order valence-electron chi connectivity index (χ0n) is 13.3. The molecule has 1 aromatic carbocycles. The molecule has 0 saturated heterocycles. The van der Waals surface area contributed by atoms with Crippen LogP contribution in [0.2, 0.25) is 5.02 Å². The quantitative estimate of drug-likeness (QED) is 0.622. The average Bonchev–Trinajstić information content (AvgIpc) is 2.45. The Kier molecular flexibility index (Phi) is 8.54. The van der Waals surface area contributed by atoms with Crippen molar-refractivity contribution in [2.45, 2.75) is 25.8 Å². The predicted octanol–water partition coefficient (Wildman–Crippen LogP) is 1.86. The third-order valence-electron chi connectivity index (χ3n) is 3.01. The lowest BCUT2D eigenvalue weighted by Gasteiger charge is -2.18. The van der Waals surface area contributed by atoms with E-state index in [1.807, 2.05) is 6.92 Å². The molecule has 0 fully saturated rings. The van der Waals surface area contributed by atoms with E-state index in [-0.39, 0.29) is 12.3 Å². The Morgan fingerprint density at radius 2 is 1.96 bits per heavy atom. The van der Waals surface area contributed by atoms with Crippen LogP contribution in [0.25, 0.3) is 0 Å². The summed E-state index contributed by atoms with van der Waals surface area (Å²) >= 11 is 5.84. The van der Waals surface area contributed by atoms with Crippen molar-refractivity contribution in [2.75, 3.05) is 26.0 Å². The largest absolute Gasteiger partial charge is 0.382 e. The van der Waals surface area contributed by atoms with Gasteiger partial charge in [-0.1, -0.05) is 23.7 Å². The molecule has 130 valence electrons. The fraction of sp³-hybridized carbons (Fsp3) is 0.533. The molecule has 1 aromatic rings. The highest BCUT2D eigenvalue weighted by Gasteiger charge is 2.19. The molecule has 1 amide bonds. The zero-order chi connectivity index (χ0) is 17.3. The summed E-state index contributed by atoms with van der Waals surface area (Å²) in [6, 6.07) is 6.09. The van der Waals surface area contributed by atoms with E-state index >= 15 is 0 Å². The Balaban J connectivity index is 2.62. The molecule has 0 heterocycles. The fourth-order valence-electron chi connectivity index (χ4n) is 1.99. The molecule has 8 heteroatoms. The first-order chi connectivity index (χ1) is 10.8. The van der Waals surface area contributed by atoms with Crippen molar-refractivity contribution in [1.29, 1.82) is 0 Å². The van der Waals surface area contributed by atoms with Gasteiger partial charge in [-0.15, -0.1) is 0 Å². The molecule has 0 aliphatic heterocycles. The second-order valence-corrected chi connectivity index (χ2v) is 7.32. The summed E-state index contributed by atoms with van der Waals surface area (Å²) in [5.41, 5.74) is 0.685. The van der Waals surface area contributed by atoms with Crippen LogP contribution < -0.4 is 10.0 Å². The highest BCUT2D eigenvalue weighted by Crippen LogP contribution is 2.20. The number of ether oxygens (including phenoxy) is 1. The second kappa shape index (κ2) is 9.87. The molecule has 0 unspecified atom stereocenters. The van der Waals surface area contributed by atoms with Crippen LogP contribution in [0, 0.1) is 0 Å². The Hall–Kier alpha value is -1.15. The van der Waals surface area contributed by atoms with Crippen LogP contribution in [0.15, 0.2) is 24.3 Å². The number of hydrogen-bond donors (Lipinski definition) is 2. The van der Waals surface area contributed by atoms with Crippen molar-refractivity contribution in [2.24, 2.45) is 0 Å². The van der Waals surface area contributed by atoms with Crippen LogP contribution >= 0.6 is 11.6 Å². The first kappa shape index (κ1) is 19.9. The third kappa shape index (κ3) is 8.90. The van der Waals surface area contributed by atoms with Gasteiger partial charge < -0.3 is 10.1 Å². The van der Waals surface area contributed by atoms with E-state index in [1.165, 1.54) is 0 Å². The first-order valence-corrected chi connectivity index (χ1v) is 9.66. The van der Waals surface area contributed by atoms with E-state index in [1.54, 1.807) is 24.3 Å². The maximum Gasteiger partial charge on any atom is 0.221 e. The van der Waals surface area contributed by atoms with E-state index in [9.17, 15) is 13.2 Å². The molecule has 0 bridgehead atoms. The number of hydrogen-bond acceptors (Lipinski definition) is 4. The minimum Gasteiger partial charge on any atom is -0.382 e. The van der Waals surface area contributed by atoms with Crippen molar-refractivity contribution in [3.8, 4) is 0 Å². The van der Waals surface area contributed by atoms with E-state index in [0.29, 0.717) is 36.8 Å². The maximum atomic E-state index is 12.0. The molecule has 0 saturated carbocycles. The van der Waals surface area contributed by atoms with Gasteiger partial charge in [0, 0.05) is 31.2 Å². The van der Waals surface area contributed by atoms with Gasteiger partial charge in [-0.05, 0) is 31.0 Å². The molecule has 0 spiro atoms. The van der Waals surface area contributed by atoms with Crippen LogP contribution in [-0.2, 0) is 19.6 Å². The Bertz CT molecular complexity index is 590. The van der Waals surface area contributed by atoms with Crippen molar-refractivity contribution in [3.05, 3.63) is 34.9 Å². The minimum absolute atomic E-state index is 0.0172. The van der Waals surface area contributed by atoms with Crippen LogP contribution in [0.1, 0.15) is 31.4 Å². The molecule has 23 heavy (non-hydrogen) atoms. The Labute approximate surface area is 142 Å². The smallest absolute Gasteiger partial charge is 0.221 e. The molecule has 0 radical (unpaired) electrons. The lowest BCUT2D eigenvalue weighted by atomic mass is 10.0. The standard InChI is InChI=1S/C15H23ClN2O4S/c1-3-22-10-4-9-17-15(19)11-14(18-23(2,20)21)12-5-7-13(16)8-6-12/h5-8,14,18H,3-4,9-11H2,1-2H3,(H,17,19)/t14-/m1/s1. The third-order valence-corrected chi connectivity index (χ3v) is 3.97. The van der Waals surface area contributed by atoms with E-state index < -0.39 is 16.1 Å². The lowest BCUT2D eigenvalue weighted by molar-refractivity contribution is -0.121. The molecule has 1 rings (SSSR count). The number of carbonyl (C=O) groups excluding carboxylic acids is 1. The van der Waals surface area contributed by atoms with E-state index in [4.69, 9.17) is 16.3 Å². The summed E-state index contributed by atoms with van der Waals surface area (Å²) in [5.74, 6) is -0.224. The van der Waals surface area contributed by atoms with E-state index in [2.05, 4.69) is 10.0 Å². The van der Waals surface area contributed by atoms with Crippen molar-refractivity contribution in [3.63, 3.8) is 0 Å². The summed E-state index contributed by atoms with van der Waals surface area (Å²) in [7, 11) is -3.44. The summed E-state index contributed by atoms with van der Waals surface area (Å²) in [6.45, 7) is 3.63. The number of sulfonamides is 1. The lowest BCUT2D eigenvalue weighted by Crippen LogP contribution is -2.33. The monoisotopic (exact) mass is 362 g/mol. The van der Waals surface area contributed by atoms with Crippen molar-refractivity contribution in [1.82, 2.24) is 10.0 Å². The fourth-order valence-corrected chi connectivity index (χ4v) is 2.85. The van der Waals surface area contributed by atoms with Crippen LogP contribution in [0.5, 0.6) is 0 Å². The number of carbonyl (C=O) groups is 1. The van der Waals surface area contributed by atoms with Crippen molar-refractivity contribution < 1.29 is 17.9 Å². The molecule has 0 aliphatic rings. The van der Waals surface area contributed by atoms with Gasteiger partial charge in [-0.25, -0.2) is 13.1 Å². The van der Waals surface area contributed by atoms with Crippen LogP contribution in [-0.4, -0.2) is 40.3 Å². The molecule has 2 N–H and O–H groups in total. The number of nitrogens with one attached hydrogen (secondary N) is 2. The van der Waals surface area contributed by atoms with Crippen molar-refractivity contribution >= 4 is 27.5 Å². The topological polar surface area (TPSA) is 84.5 Å². The number of rotatable bonds is 10. The predicted molar refractivity (Wildman–Crippen MR) is 90.9 cm³/mol. The summed E-state index contributed by atoms with van der Waals surface area (Å²) in [5, 5.41) is 3.31. The molecule has 6 nitrogen and oxygen atoms in total. The number of amides is 1. The first-order valence-electron chi connectivity index (χ1n) is 7.39. The summed E-state index contributed by atoms with van der Waals surface area (Å²) < 4.78 is 30.7. The van der Waals surface area contributed by atoms with E-state index in [0.717, 1.165) is 6.26 Å². The van der Waals surface area contributed by atoms with Gasteiger partial charge in [0.25, 0.3) is 0 Å². The van der Waals surface area contributed by atoms with Gasteiger partial charge in [0.05, 0.1) is 12.3 Å². The number of benzene rings is 1. The van der Waals surface area contributed by atoms with Gasteiger partial charge in [-0.2, -0.15) is 0 Å². The zero-order valence-corrected chi connectivity index (χ0v) is 14.9. The highest BCUT2D eigenvalue weighted by atomic mass is 35.5. The average molecular weight is 363 g/mol. The molecular formula is C15H23ClN2O4S. The minimum atomic E-state index is -3.44. The highest BCUT2D eigenvalue weighted by molar-refractivity contribution is 7.88. The van der Waals surface area contributed by atoms with Gasteiger partial charge in [0.2, 0.25) is 15.9 Å². The number of halogens is 1.